The Morgan fingerprint density at radius 3 is 2.26 bits per heavy atom. The summed E-state index contributed by atoms with van der Waals surface area (Å²) in [6.07, 6.45) is 2.75. The van der Waals surface area contributed by atoms with Crippen LogP contribution < -0.4 is 21.1 Å². The van der Waals surface area contributed by atoms with E-state index in [1.807, 2.05) is 0 Å². The Morgan fingerprint density at radius 2 is 1.65 bits per heavy atom. The van der Waals surface area contributed by atoms with Crippen LogP contribution in [0.1, 0.15) is 38.3 Å². The summed E-state index contributed by atoms with van der Waals surface area (Å²) in [5.74, 6) is -3.35. The van der Waals surface area contributed by atoms with Gasteiger partial charge in [-0.3, -0.25) is 18.7 Å². The minimum atomic E-state index is -5.09. The Hall–Kier alpha value is -3.85. The molecule has 1 heterocycles. The number of nitrogens with two attached hydrogens (primary N) is 1. The molecule has 1 amide bonds. The summed E-state index contributed by atoms with van der Waals surface area (Å²) in [6.45, 7) is 0.192. The van der Waals surface area contributed by atoms with Crippen LogP contribution in [0.5, 0.6) is 5.75 Å². The van der Waals surface area contributed by atoms with Gasteiger partial charge in [0.15, 0.2) is 16.4 Å². The van der Waals surface area contributed by atoms with Gasteiger partial charge in [0, 0.05) is 40.3 Å². The van der Waals surface area contributed by atoms with E-state index in [0.717, 1.165) is 12.1 Å². The highest BCUT2D eigenvalue weighted by Crippen LogP contribution is 2.49. The minimum absolute atomic E-state index is 0.00608. The number of rotatable bonds is 13. The molecular weight excluding hydrogens is 687 g/mol. The lowest BCUT2D eigenvalue weighted by Gasteiger charge is -2.32. The molecular formula is C27H27N3O12S4. The number of amides is 1. The summed E-state index contributed by atoms with van der Waals surface area (Å²) in [5, 5.41) is 24.2. The first-order chi connectivity index (χ1) is 21.6. The molecule has 0 spiro atoms. The van der Waals surface area contributed by atoms with Gasteiger partial charge in [-0.15, -0.1) is 0 Å². The molecule has 2 aromatic carbocycles. The van der Waals surface area contributed by atoms with Crippen LogP contribution in [-0.4, -0.2) is 85.1 Å². The number of allylic oxidation sites excluding steroid dienone is 1. The van der Waals surface area contributed by atoms with E-state index in [4.69, 9.17) is 15.6 Å². The molecule has 8 N–H and O–H groups in total. The second kappa shape index (κ2) is 13.9. The topological polar surface area (TPSA) is 260 Å². The summed E-state index contributed by atoms with van der Waals surface area (Å²) in [4.78, 5) is 34.4. The quantitative estimate of drug-likeness (QED) is 0.0679. The molecule has 1 aliphatic heterocycles. The number of fused-ring (bicyclic) bond motifs is 2. The molecule has 1 atom stereocenters. The lowest BCUT2D eigenvalue weighted by atomic mass is 9.84. The van der Waals surface area contributed by atoms with E-state index >= 15 is 0 Å². The van der Waals surface area contributed by atoms with Crippen molar-refractivity contribution in [2.45, 2.75) is 17.4 Å². The number of ether oxygens (including phenoxy) is 1. The Kier molecular flexibility index (Phi) is 10.6. The van der Waals surface area contributed by atoms with Crippen molar-refractivity contribution in [1.82, 2.24) is 10.6 Å². The summed E-state index contributed by atoms with van der Waals surface area (Å²) in [7, 11) is -6.05. The largest absolute Gasteiger partial charge is 0.481 e. The fourth-order valence-corrected chi connectivity index (χ4v) is 8.29. The SMILES string of the molecule is CNC1C=CC2=C(c3ccc(C(=O)NCCSSCCC(=O)O)cc3C(=O)O)c3ccc(N)c(S(=O)(=O)O)c3OC2=C1S(=O)(=O)O. The van der Waals surface area contributed by atoms with Crippen molar-refractivity contribution in [3.63, 3.8) is 0 Å². The van der Waals surface area contributed by atoms with Crippen molar-refractivity contribution in [3.05, 3.63) is 81.0 Å². The third-order valence-corrected chi connectivity index (χ3v) is 11.0. The molecule has 1 aliphatic carbocycles. The van der Waals surface area contributed by atoms with E-state index < -0.39 is 76.7 Å². The zero-order valence-electron chi connectivity index (χ0n) is 23.7. The lowest BCUT2D eigenvalue weighted by molar-refractivity contribution is -0.136. The molecule has 0 saturated carbocycles. The number of carbonyl (C=O) groups is 3. The predicted octanol–water partition coefficient (Wildman–Crippen LogP) is 2.25. The number of anilines is 1. The molecule has 0 saturated heterocycles. The summed E-state index contributed by atoms with van der Waals surface area (Å²) >= 11 is 0. The zero-order chi connectivity index (χ0) is 34.0. The van der Waals surface area contributed by atoms with E-state index in [-0.39, 0.29) is 40.8 Å². The van der Waals surface area contributed by atoms with Crippen LogP contribution in [0.25, 0.3) is 5.57 Å². The number of carboxylic acid groups (broad SMARTS) is 2. The van der Waals surface area contributed by atoms with E-state index in [9.17, 15) is 45.4 Å². The molecule has 0 aromatic heterocycles. The highest BCUT2D eigenvalue weighted by molar-refractivity contribution is 8.76. The van der Waals surface area contributed by atoms with Gasteiger partial charge in [0.25, 0.3) is 26.1 Å². The Balaban J connectivity index is 1.86. The van der Waals surface area contributed by atoms with E-state index in [1.54, 1.807) is 0 Å². The van der Waals surface area contributed by atoms with Gasteiger partial charge in [0.2, 0.25) is 0 Å². The van der Waals surface area contributed by atoms with Crippen LogP contribution >= 0.6 is 21.6 Å². The monoisotopic (exact) mass is 713 g/mol. The highest BCUT2D eigenvalue weighted by Gasteiger charge is 2.40. The first-order valence-corrected chi connectivity index (χ1v) is 18.4. The molecule has 1 unspecified atom stereocenters. The first kappa shape index (κ1) is 35.0. The second-order valence-corrected chi connectivity index (χ2v) is 15.1. The molecule has 46 heavy (non-hydrogen) atoms. The van der Waals surface area contributed by atoms with Gasteiger partial charge in [-0.05, 0) is 36.9 Å². The fourth-order valence-electron chi connectivity index (χ4n) is 4.75. The normalized spacial score (nSPS) is 16.0. The van der Waals surface area contributed by atoms with Crippen molar-refractivity contribution in [2.24, 2.45) is 0 Å². The van der Waals surface area contributed by atoms with Gasteiger partial charge in [-0.2, -0.15) is 16.8 Å². The van der Waals surface area contributed by atoms with Crippen LogP contribution in [0.4, 0.5) is 5.69 Å². The second-order valence-electron chi connectivity index (χ2n) is 9.63. The Labute approximate surface area is 270 Å². The number of hydrogen-bond acceptors (Lipinski definition) is 12. The van der Waals surface area contributed by atoms with E-state index in [0.29, 0.717) is 11.5 Å². The number of aromatic carboxylic acids is 1. The van der Waals surface area contributed by atoms with Crippen LogP contribution in [0.15, 0.2) is 63.6 Å². The van der Waals surface area contributed by atoms with Crippen LogP contribution in [0.2, 0.25) is 0 Å². The third-order valence-electron chi connectivity index (χ3n) is 6.67. The maximum Gasteiger partial charge on any atom is 0.336 e. The van der Waals surface area contributed by atoms with Crippen molar-refractivity contribution in [2.75, 3.05) is 30.8 Å². The molecule has 0 bridgehead atoms. The average molecular weight is 714 g/mol. The number of aliphatic carboxylic acids is 1. The van der Waals surface area contributed by atoms with Crippen molar-refractivity contribution < 1.29 is 55.3 Å². The number of nitrogens with one attached hydrogen (secondary N) is 2. The predicted molar refractivity (Wildman–Crippen MR) is 171 cm³/mol. The molecule has 19 heteroatoms. The molecule has 0 fully saturated rings. The van der Waals surface area contributed by atoms with E-state index in [2.05, 4.69) is 10.6 Å². The molecule has 246 valence electrons. The van der Waals surface area contributed by atoms with E-state index in [1.165, 1.54) is 59.0 Å². The number of hydrogen-bond donors (Lipinski definition) is 7. The first-order valence-electron chi connectivity index (χ1n) is 13.1. The van der Waals surface area contributed by atoms with Gasteiger partial charge < -0.3 is 31.3 Å². The Bertz CT molecular complexity index is 1940. The summed E-state index contributed by atoms with van der Waals surface area (Å²) < 4.78 is 75.9. The maximum atomic E-state index is 12.9. The van der Waals surface area contributed by atoms with Crippen molar-refractivity contribution in [1.29, 1.82) is 0 Å². The Morgan fingerprint density at radius 1 is 0.978 bits per heavy atom. The van der Waals surface area contributed by atoms with Gasteiger partial charge in [-0.25, -0.2) is 4.79 Å². The minimum Gasteiger partial charge on any atom is -0.481 e. The third kappa shape index (κ3) is 7.41. The standard InChI is InChI=1S/C27H27N3O12S4/c1-29-19-7-5-16-21(15-4-6-18(28)24(45(36,37)38)22(15)42-23(16)25(19)46(39,40)41)14-3-2-13(12-17(14)27(34)35)26(33)30-9-11-44-43-10-8-20(31)32/h2-7,12,19,29H,8-11,28H2,1H3,(H,30,33)(H,31,32)(H,34,35)(H,36,37,38)(H,39,40,41). The highest BCUT2D eigenvalue weighted by atomic mass is 33.1. The number of benzene rings is 2. The average Bonchev–Trinajstić information content (AvgIpc) is 2.96. The zero-order valence-corrected chi connectivity index (χ0v) is 27.0. The van der Waals surface area contributed by atoms with Crippen LogP contribution in [0, 0.1) is 0 Å². The van der Waals surface area contributed by atoms with Crippen LogP contribution in [-0.2, 0) is 25.0 Å². The maximum absolute atomic E-state index is 12.9. The summed E-state index contributed by atoms with van der Waals surface area (Å²) in [6, 6.07) is 4.95. The van der Waals surface area contributed by atoms with Gasteiger partial charge in [-0.1, -0.05) is 39.8 Å². The number of carbonyl (C=O) groups excluding carboxylic acids is 1. The van der Waals surface area contributed by atoms with Crippen molar-refractivity contribution >= 4 is 70.9 Å². The molecule has 2 aliphatic rings. The molecule has 0 radical (unpaired) electrons. The summed E-state index contributed by atoms with van der Waals surface area (Å²) in [5.41, 5.74) is 4.68. The van der Waals surface area contributed by atoms with Crippen molar-refractivity contribution in [3.8, 4) is 5.75 Å². The number of nitrogen functional groups attached to an aromatic ring is 1. The molecule has 15 nitrogen and oxygen atoms in total. The lowest BCUT2D eigenvalue weighted by Crippen LogP contribution is -2.34. The van der Waals surface area contributed by atoms with Gasteiger partial charge >= 0.3 is 11.9 Å². The molecule has 4 rings (SSSR count). The van der Waals surface area contributed by atoms with Gasteiger partial charge in [0.1, 0.15) is 4.91 Å². The van der Waals surface area contributed by atoms with Crippen LogP contribution in [0.3, 0.4) is 0 Å². The van der Waals surface area contributed by atoms with Gasteiger partial charge in [0.05, 0.1) is 23.7 Å². The number of likely N-dealkylation sites (N-methyl/N-ethyl adjacent to an activating group) is 1. The number of carboxylic acids is 2. The molecule has 2 aromatic rings. The smallest absolute Gasteiger partial charge is 0.336 e. The fraction of sp³-hybridized carbons (Fsp3) is 0.222.